The van der Waals surface area contributed by atoms with Crippen LogP contribution in [0.25, 0.3) is 0 Å². The molecule has 0 aliphatic rings. The fraction of sp³-hybridized carbons (Fsp3) is 1.00. The van der Waals surface area contributed by atoms with Crippen LogP contribution in [0.2, 0.25) is 36.9 Å². The zero-order valence-corrected chi connectivity index (χ0v) is 10.1. The Kier molecular flexibility index (Phi) is 11.2. The summed E-state index contributed by atoms with van der Waals surface area (Å²) >= 11 is -0.333. The van der Waals surface area contributed by atoms with E-state index in [1.807, 2.05) is 0 Å². The Hall–Kier alpha value is 0.760. The van der Waals surface area contributed by atoms with Gasteiger partial charge in [-0.15, -0.1) is 0 Å². The van der Waals surface area contributed by atoms with Crippen molar-refractivity contribution in [1.82, 2.24) is 0 Å². The average molecular weight is 191 g/mol. The molecular formula is C6H18GeSi. The molecule has 0 heterocycles. The van der Waals surface area contributed by atoms with Crippen molar-refractivity contribution in [2.24, 2.45) is 0 Å². The summed E-state index contributed by atoms with van der Waals surface area (Å²) in [6, 6.07) is 0. The summed E-state index contributed by atoms with van der Waals surface area (Å²) < 4.78 is 0. The molecule has 0 fully saturated rings. The first-order chi connectivity index (χ1) is 3.46. The Morgan fingerprint density at radius 3 is 0.875 bits per heavy atom. The van der Waals surface area contributed by atoms with Crippen LogP contribution >= 0.6 is 0 Å². The molecule has 0 aliphatic carbocycles. The number of rotatable bonds is 0. The molecule has 0 aromatic heterocycles. The molecule has 0 aromatic carbocycles. The number of hydrogen-bond donors (Lipinski definition) is 0. The van der Waals surface area contributed by atoms with Gasteiger partial charge in [-0.1, -0.05) is 19.6 Å². The zero-order chi connectivity index (χ0) is 7.15. The molecule has 0 bridgehead atoms. The normalized spacial score (nSPS) is 9.00. The second-order valence-electron chi connectivity index (χ2n) is 3.00. The van der Waals surface area contributed by atoms with Gasteiger partial charge in [-0.25, -0.2) is 0 Å². The molecule has 0 saturated heterocycles. The SMILES string of the molecule is C[Si](C)C.[CH3][Ge]([CH3])[CH3]. The van der Waals surface area contributed by atoms with Crippen molar-refractivity contribution >= 4 is 23.1 Å². The summed E-state index contributed by atoms with van der Waals surface area (Å²) in [5, 5.41) is 0. The van der Waals surface area contributed by atoms with E-state index < -0.39 is 0 Å². The van der Waals surface area contributed by atoms with E-state index in [2.05, 4.69) is 36.9 Å². The van der Waals surface area contributed by atoms with Crippen LogP contribution in [0.5, 0.6) is 0 Å². The van der Waals surface area contributed by atoms with Gasteiger partial charge in [-0.05, 0) is 0 Å². The van der Waals surface area contributed by atoms with Gasteiger partial charge in [0.2, 0.25) is 0 Å². The van der Waals surface area contributed by atoms with Gasteiger partial charge in [0.1, 0.15) is 0 Å². The first-order valence-electron chi connectivity index (χ1n) is 3.00. The van der Waals surface area contributed by atoms with Crippen LogP contribution in [0.3, 0.4) is 0 Å². The van der Waals surface area contributed by atoms with Crippen LogP contribution < -0.4 is 0 Å². The zero-order valence-electron chi connectivity index (χ0n) is 7.00. The Morgan fingerprint density at radius 2 is 0.875 bits per heavy atom. The van der Waals surface area contributed by atoms with Crippen LogP contribution in [0, 0.1) is 0 Å². The third-order valence-corrected chi connectivity index (χ3v) is 0. The van der Waals surface area contributed by atoms with E-state index in [0.29, 0.717) is 0 Å². The fourth-order valence-electron chi connectivity index (χ4n) is 0. The molecule has 2 radical (unpaired) electrons. The van der Waals surface area contributed by atoms with E-state index in [1.165, 1.54) is 0 Å². The fourth-order valence-corrected chi connectivity index (χ4v) is 0. The van der Waals surface area contributed by atoms with E-state index in [-0.39, 0.29) is 23.1 Å². The molecule has 0 aromatic rings. The third kappa shape index (κ3) is 389. The predicted octanol–water partition coefficient (Wildman–Crippen LogP) is 2.74. The summed E-state index contributed by atoms with van der Waals surface area (Å²) in [4.78, 5) is 0. The topological polar surface area (TPSA) is 0 Å². The maximum absolute atomic E-state index is 2.33. The Bertz CT molecular complexity index is 24.0. The van der Waals surface area contributed by atoms with E-state index in [0.717, 1.165) is 0 Å². The second kappa shape index (κ2) is 7.76. The summed E-state index contributed by atoms with van der Waals surface area (Å²) in [6.07, 6.45) is 0. The van der Waals surface area contributed by atoms with Gasteiger partial charge in [-0.2, -0.15) is 0 Å². The quantitative estimate of drug-likeness (QED) is 0.516. The summed E-state index contributed by atoms with van der Waals surface area (Å²) in [6.45, 7) is 6.81. The number of hydrogen-bond acceptors (Lipinski definition) is 0. The Morgan fingerprint density at radius 1 is 0.875 bits per heavy atom. The van der Waals surface area contributed by atoms with Gasteiger partial charge in [0.05, 0.1) is 0 Å². The standard InChI is InChI=1S/C3H9Ge.C3H9Si/c2*1-4(2)3/h2*1-3H3. The van der Waals surface area contributed by atoms with E-state index in [4.69, 9.17) is 0 Å². The van der Waals surface area contributed by atoms with Crippen LogP contribution in [0.1, 0.15) is 0 Å². The molecule has 0 N–H and O–H groups in total. The van der Waals surface area contributed by atoms with Crippen molar-refractivity contribution in [2.75, 3.05) is 0 Å². The molecule has 2 heteroatoms. The second-order valence-corrected chi connectivity index (χ2v) is 12.3. The van der Waals surface area contributed by atoms with Gasteiger partial charge in [0.25, 0.3) is 0 Å². The van der Waals surface area contributed by atoms with Crippen molar-refractivity contribution in [1.29, 1.82) is 0 Å². The van der Waals surface area contributed by atoms with E-state index in [9.17, 15) is 0 Å². The van der Waals surface area contributed by atoms with Crippen molar-refractivity contribution in [3.8, 4) is 0 Å². The van der Waals surface area contributed by atoms with Crippen molar-refractivity contribution in [3.05, 3.63) is 0 Å². The Balaban J connectivity index is 0. The van der Waals surface area contributed by atoms with Gasteiger partial charge in [0, 0.05) is 8.80 Å². The molecule has 0 rings (SSSR count). The molecule has 50 valence electrons. The Labute approximate surface area is 60.4 Å². The van der Waals surface area contributed by atoms with E-state index in [1.54, 1.807) is 0 Å². The summed E-state index contributed by atoms with van der Waals surface area (Å²) in [5.74, 6) is 7.00. The summed E-state index contributed by atoms with van der Waals surface area (Å²) in [5.41, 5.74) is 0. The van der Waals surface area contributed by atoms with E-state index >= 15 is 0 Å². The van der Waals surface area contributed by atoms with Crippen LogP contribution in [0.15, 0.2) is 0 Å². The minimum absolute atomic E-state index is 0.120. The third-order valence-electron chi connectivity index (χ3n) is 0. The van der Waals surface area contributed by atoms with Gasteiger partial charge in [0.15, 0.2) is 0 Å². The molecule has 0 saturated carbocycles. The molecule has 0 nitrogen and oxygen atoms in total. The molecule has 0 aliphatic heterocycles. The van der Waals surface area contributed by atoms with Gasteiger partial charge >= 0.3 is 31.6 Å². The maximum atomic E-state index is 2.33. The molecule has 0 spiro atoms. The molecule has 0 unspecified atom stereocenters. The first kappa shape index (κ1) is 11.5. The van der Waals surface area contributed by atoms with Gasteiger partial charge < -0.3 is 0 Å². The van der Waals surface area contributed by atoms with Crippen molar-refractivity contribution in [3.63, 3.8) is 0 Å². The van der Waals surface area contributed by atoms with Crippen molar-refractivity contribution < 1.29 is 0 Å². The minimum atomic E-state index is -0.333. The monoisotopic (exact) mass is 192 g/mol. The van der Waals surface area contributed by atoms with Crippen LogP contribution in [-0.2, 0) is 0 Å². The van der Waals surface area contributed by atoms with Crippen LogP contribution in [-0.4, -0.2) is 23.1 Å². The average Bonchev–Trinajstić information content (AvgIpc) is 1.25. The summed E-state index contributed by atoms with van der Waals surface area (Å²) in [7, 11) is 0.120. The first-order valence-corrected chi connectivity index (χ1v) is 12.3. The molecule has 0 atom stereocenters. The van der Waals surface area contributed by atoms with Crippen molar-refractivity contribution in [2.45, 2.75) is 36.9 Å². The van der Waals surface area contributed by atoms with Crippen LogP contribution in [0.4, 0.5) is 0 Å². The predicted molar refractivity (Wildman–Crippen MR) is 46.7 cm³/mol. The van der Waals surface area contributed by atoms with Gasteiger partial charge in [-0.3, -0.25) is 0 Å². The molecule has 8 heavy (non-hydrogen) atoms. The molecular weight excluding hydrogens is 173 g/mol. The molecule has 0 amide bonds.